The summed E-state index contributed by atoms with van der Waals surface area (Å²) in [6.07, 6.45) is 37.6. The van der Waals surface area contributed by atoms with Crippen molar-refractivity contribution in [2.45, 2.75) is 173 Å². The largest absolute Gasteiger partial charge is 0.756 e. The molecule has 304 valence electrons. The van der Waals surface area contributed by atoms with Gasteiger partial charge in [-0.2, -0.15) is 0 Å². The van der Waals surface area contributed by atoms with E-state index in [1.54, 1.807) is 12.2 Å². The lowest BCUT2D eigenvalue weighted by atomic mass is 10.0. The van der Waals surface area contributed by atoms with Gasteiger partial charge in [0.1, 0.15) is 13.2 Å². The van der Waals surface area contributed by atoms with Crippen LogP contribution in [0.4, 0.5) is 0 Å². The van der Waals surface area contributed by atoms with Crippen LogP contribution in [0.5, 0.6) is 0 Å². The van der Waals surface area contributed by atoms with Crippen LogP contribution < -0.4 is 10.2 Å². The van der Waals surface area contributed by atoms with Gasteiger partial charge in [-0.3, -0.25) is 9.36 Å². The summed E-state index contributed by atoms with van der Waals surface area (Å²) < 4.78 is 23.1. The molecule has 0 aliphatic carbocycles. The number of phosphoric ester groups is 1. The molecule has 0 saturated heterocycles. The number of unbranched alkanes of at least 4 members (excludes halogenated alkanes) is 17. The number of phosphoric acid groups is 1. The number of carbonyl (C=O) groups excluding carboxylic acids is 1. The van der Waals surface area contributed by atoms with Crippen LogP contribution in [0.2, 0.25) is 0 Å². The zero-order valence-electron chi connectivity index (χ0n) is 33.9. The van der Waals surface area contributed by atoms with Crippen molar-refractivity contribution >= 4 is 13.7 Å². The van der Waals surface area contributed by atoms with Gasteiger partial charge in [-0.15, -0.1) is 0 Å². The number of aliphatic hydroxyl groups is 2. The smallest absolute Gasteiger partial charge is 0.268 e. The number of aliphatic hydroxyl groups excluding tert-OH is 2. The lowest BCUT2D eigenvalue weighted by Crippen LogP contribution is -2.45. The minimum atomic E-state index is -4.60. The van der Waals surface area contributed by atoms with Crippen LogP contribution in [-0.4, -0.2) is 79.8 Å². The molecule has 0 aromatic heterocycles. The Kier molecular flexibility index (Phi) is 32.9. The molecule has 1 amide bonds. The molecule has 10 heteroatoms. The van der Waals surface area contributed by atoms with Gasteiger partial charge < -0.3 is 34.0 Å². The van der Waals surface area contributed by atoms with Crippen LogP contribution >= 0.6 is 7.82 Å². The molecule has 0 rings (SSSR count). The number of nitrogens with zero attached hydrogens (tertiary/aromatic N) is 1. The highest BCUT2D eigenvalue weighted by molar-refractivity contribution is 7.45. The van der Waals surface area contributed by atoms with Crippen molar-refractivity contribution in [1.29, 1.82) is 0 Å². The Morgan fingerprint density at radius 2 is 1.29 bits per heavy atom. The van der Waals surface area contributed by atoms with E-state index in [0.717, 1.165) is 57.8 Å². The molecule has 0 spiro atoms. The first kappa shape index (κ1) is 50.4. The Balaban J connectivity index is 4.57. The fraction of sp³-hybridized carbons (Fsp3) is 0.786. The second-order valence-electron chi connectivity index (χ2n) is 15.2. The summed E-state index contributed by atoms with van der Waals surface area (Å²) in [6, 6.07) is -0.912. The Morgan fingerprint density at radius 1 is 0.731 bits per heavy atom. The molecule has 0 radical (unpaired) electrons. The second kappa shape index (κ2) is 33.9. The number of nitrogens with one attached hydrogen (secondary N) is 1. The molecule has 0 fully saturated rings. The summed E-state index contributed by atoms with van der Waals surface area (Å²) >= 11 is 0. The Morgan fingerprint density at radius 3 is 1.87 bits per heavy atom. The molecule has 52 heavy (non-hydrogen) atoms. The molecule has 2 unspecified atom stereocenters. The molecule has 0 aromatic rings. The van der Waals surface area contributed by atoms with E-state index in [1.165, 1.54) is 64.2 Å². The zero-order chi connectivity index (χ0) is 38.8. The lowest BCUT2D eigenvalue weighted by Gasteiger charge is -2.29. The maximum absolute atomic E-state index is 12.8. The van der Waals surface area contributed by atoms with E-state index >= 15 is 0 Å². The number of carbonyl (C=O) groups is 1. The van der Waals surface area contributed by atoms with E-state index in [2.05, 4.69) is 31.3 Å². The quantitative estimate of drug-likeness (QED) is 0.0191. The van der Waals surface area contributed by atoms with Crippen molar-refractivity contribution in [1.82, 2.24) is 5.32 Å². The molecule has 3 N–H and O–H groups in total. The van der Waals surface area contributed by atoms with Crippen LogP contribution in [0.1, 0.15) is 155 Å². The van der Waals surface area contributed by atoms with E-state index in [-0.39, 0.29) is 12.5 Å². The molecule has 0 aliphatic heterocycles. The second-order valence-corrected chi connectivity index (χ2v) is 16.6. The van der Waals surface area contributed by atoms with Gasteiger partial charge in [-0.05, 0) is 44.9 Å². The maximum atomic E-state index is 12.8. The van der Waals surface area contributed by atoms with Crippen LogP contribution in [0.25, 0.3) is 0 Å². The number of allylic oxidation sites excluding steroid dienone is 5. The Hall–Kier alpha value is -1.58. The third kappa shape index (κ3) is 35.4. The van der Waals surface area contributed by atoms with Gasteiger partial charge in [0.2, 0.25) is 5.91 Å². The first-order valence-corrected chi connectivity index (χ1v) is 22.1. The summed E-state index contributed by atoms with van der Waals surface area (Å²) in [5.41, 5.74) is 0. The third-order valence-electron chi connectivity index (χ3n) is 8.87. The van der Waals surface area contributed by atoms with Gasteiger partial charge in [0.25, 0.3) is 7.82 Å². The number of quaternary nitrogens is 1. The number of amides is 1. The molecule has 4 atom stereocenters. The SMILES string of the molecule is CC/C=C/CC(O)/C=C/C=C/CCCCCCCC(=O)N[C@@H](COP(=O)([O-])OCC[N+](C)(C)C)[C@H](O)/C=C/CCCCCCCCCCCCCC. The van der Waals surface area contributed by atoms with E-state index in [4.69, 9.17) is 9.05 Å². The fourth-order valence-electron chi connectivity index (χ4n) is 5.54. The monoisotopic (exact) mass is 755 g/mol. The van der Waals surface area contributed by atoms with Gasteiger partial charge in [0, 0.05) is 6.42 Å². The summed E-state index contributed by atoms with van der Waals surface area (Å²) in [7, 11) is 1.20. The van der Waals surface area contributed by atoms with Crippen LogP contribution in [-0.2, 0) is 18.4 Å². The third-order valence-corrected chi connectivity index (χ3v) is 9.84. The highest BCUT2D eigenvalue weighted by Crippen LogP contribution is 2.38. The molecule has 0 saturated carbocycles. The minimum Gasteiger partial charge on any atom is -0.756 e. The van der Waals surface area contributed by atoms with Gasteiger partial charge in [0.15, 0.2) is 0 Å². The molecule has 0 aromatic carbocycles. The van der Waals surface area contributed by atoms with Crippen molar-refractivity contribution in [2.24, 2.45) is 0 Å². The molecule has 0 heterocycles. The van der Waals surface area contributed by atoms with E-state index < -0.39 is 32.7 Å². The number of hydrogen-bond acceptors (Lipinski definition) is 7. The van der Waals surface area contributed by atoms with Crippen molar-refractivity contribution in [3.63, 3.8) is 0 Å². The topological polar surface area (TPSA) is 128 Å². The van der Waals surface area contributed by atoms with E-state index in [1.807, 2.05) is 45.4 Å². The van der Waals surface area contributed by atoms with Crippen molar-refractivity contribution in [2.75, 3.05) is 40.9 Å². The zero-order valence-corrected chi connectivity index (χ0v) is 34.8. The highest BCUT2D eigenvalue weighted by atomic mass is 31.2. The van der Waals surface area contributed by atoms with Gasteiger partial charge in [-0.1, -0.05) is 152 Å². The van der Waals surface area contributed by atoms with Crippen molar-refractivity contribution in [3.05, 3.63) is 48.6 Å². The van der Waals surface area contributed by atoms with Crippen LogP contribution in [0.15, 0.2) is 48.6 Å². The average Bonchev–Trinajstić information content (AvgIpc) is 3.08. The lowest BCUT2D eigenvalue weighted by molar-refractivity contribution is -0.870. The normalized spacial score (nSPS) is 15.6. The summed E-state index contributed by atoms with van der Waals surface area (Å²) in [6.45, 7) is 4.39. The molecule has 9 nitrogen and oxygen atoms in total. The van der Waals surface area contributed by atoms with Gasteiger partial charge >= 0.3 is 0 Å². The van der Waals surface area contributed by atoms with Crippen molar-refractivity contribution < 1.29 is 38.0 Å². The first-order valence-electron chi connectivity index (χ1n) is 20.6. The van der Waals surface area contributed by atoms with Gasteiger partial charge in [0.05, 0.1) is 46.0 Å². The number of likely N-dealkylation sites (N-methyl/N-ethyl adjacent to an activating group) is 1. The van der Waals surface area contributed by atoms with E-state index in [9.17, 15) is 24.5 Å². The minimum absolute atomic E-state index is 0.0164. The molecule has 0 bridgehead atoms. The predicted molar refractivity (Wildman–Crippen MR) is 216 cm³/mol. The Labute approximate surface area is 319 Å². The number of hydrogen-bond donors (Lipinski definition) is 3. The fourth-order valence-corrected chi connectivity index (χ4v) is 6.26. The van der Waals surface area contributed by atoms with E-state index in [0.29, 0.717) is 30.3 Å². The molecular weight excluding hydrogens is 675 g/mol. The first-order chi connectivity index (χ1) is 24.9. The van der Waals surface area contributed by atoms with Crippen LogP contribution in [0.3, 0.4) is 0 Å². The van der Waals surface area contributed by atoms with Gasteiger partial charge in [-0.25, -0.2) is 0 Å². The highest BCUT2D eigenvalue weighted by Gasteiger charge is 2.23. The maximum Gasteiger partial charge on any atom is 0.268 e. The average molecular weight is 755 g/mol. The standard InChI is InChI=1S/C42H79N2O7P/c1-6-8-10-11-12-13-14-15-16-17-20-23-26-30-34-41(46)40(38-51-52(48,49)50-37-36-44(3,4)5)43-42(47)35-31-27-24-21-18-19-22-25-29-33-39(45)32-28-9-7-2/h9,22,25,28-30,33-34,39-41,45-46H,6-8,10-21,23-24,26-27,31-32,35-38H2,1-5H3,(H-,43,47,48,49)/b25-22+,28-9+,33-29+,34-30+/t39?,40-,41+/m0/s1. The summed E-state index contributed by atoms with van der Waals surface area (Å²) in [4.78, 5) is 25.2. The van der Waals surface area contributed by atoms with Crippen LogP contribution in [0, 0.1) is 0 Å². The Bertz CT molecular complexity index is 1010. The van der Waals surface area contributed by atoms with Crippen molar-refractivity contribution in [3.8, 4) is 0 Å². The predicted octanol–water partition coefficient (Wildman–Crippen LogP) is 9.25. The molecular formula is C42H79N2O7P. The molecule has 0 aliphatic rings. The summed E-state index contributed by atoms with van der Waals surface area (Å²) in [5, 5.41) is 23.6. The number of rotatable bonds is 36. The summed E-state index contributed by atoms with van der Waals surface area (Å²) in [5.74, 6) is -0.240.